The molecule has 0 unspecified atom stereocenters. The molecule has 1 saturated heterocycles. The molecule has 6 nitrogen and oxygen atoms in total. The minimum absolute atomic E-state index is 0.0488. The average molecular weight is 272 g/mol. The zero-order valence-corrected chi connectivity index (χ0v) is 11.7. The SMILES string of the molecule is CC(C)N(CCCC(=O)O)C(=O)N1CCC(O)CC1. The van der Waals surface area contributed by atoms with Crippen LogP contribution in [0.4, 0.5) is 4.79 Å². The fourth-order valence-corrected chi connectivity index (χ4v) is 2.21. The molecule has 1 aliphatic heterocycles. The number of hydrogen-bond donors (Lipinski definition) is 2. The summed E-state index contributed by atoms with van der Waals surface area (Å²) in [7, 11) is 0. The number of aliphatic hydroxyl groups is 1. The fraction of sp³-hybridized carbons (Fsp3) is 0.846. The number of rotatable bonds is 5. The number of carboxylic acids is 1. The number of carbonyl (C=O) groups is 2. The van der Waals surface area contributed by atoms with Gasteiger partial charge in [-0.15, -0.1) is 0 Å². The topological polar surface area (TPSA) is 81.1 Å². The lowest BCUT2D eigenvalue weighted by atomic mass is 10.1. The monoisotopic (exact) mass is 272 g/mol. The average Bonchev–Trinajstić information content (AvgIpc) is 2.34. The van der Waals surface area contributed by atoms with Gasteiger partial charge in [-0.2, -0.15) is 0 Å². The molecule has 1 fully saturated rings. The van der Waals surface area contributed by atoms with Gasteiger partial charge in [0, 0.05) is 32.1 Å². The minimum atomic E-state index is -0.836. The van der Waals surface area contributed by atoms with Crippen LogP contribution in [0.2, 0.25) is 0 Å². The number of piperidine rings is 1. The smallest absolute Gasteiger partial charge is 0.320 e. The molecule has 0 atom stereocenters. The van der Waals surface area contributed by atoms with Gasteiger partial charge in [-0.25, -0.2) is 4.79 Å². The molecule has 0 spiro atoms. The van der Waals surface area contributed by atoms with Gasteiger partial charge in [0.1, 0.15) is 0 Å². The molecule has 0 saturated carbocycles. The van der Waals surface area contributed by atoms with E-state index in [0.29, 0.717) is 38.9 Å². The van der Waals surface area contributed by atoms with Crippen molar-refractivity contribution in [3.8, 4) is 0 Å². The van der Waals surface area contributed by atoms with Crippen LogP contribution in [0.15, 0.2) is 0 Å². The van der Waals surface area contributed by atoms with E-state index in [9.17, 15) is 14.7 Å². The van der Waals surface area contributed by atoms with Gasteiger partial charge in [-0.3, -0.25) is 4.79 Å². The number of amides is 2. The van der Waals surface area contributed by atoms with Crippen LogP contribution in [0.1, 0.15) is 39.5 Å². The molecule has 1 aliphatic rings. The molecule has 6 heteroatoms. The maximum absolute atomic E-state index is 12.3. The molecule has 0 aromatic rings. The van der Waals surface area contributed by atoms with Crippen molar-refractivity contribution in [2.45, 2.75) is 51.7 Å². The van der Waals surface area contributed by atoms with Crippen LogP contribution in [0.25, 0.3) is 0 Å². The molecular weight excluding hydrogens is 248 g/mol. The second-order valence-corrected chi connectivity index (χ2v) is 5.29. The second-order valence-electron chi connectivity index (χ2n) is 5.29. The predicted octanol–water partition coefficient (Wildman–Crippen LogP) is 1.14. The summed E-state index contributed by atoms with van der Waals surface area (Å²) in [6.07, 6.45) is 1.48. The number of aliphatic carboxylic acids is 1. The zero-order valence-electron chi connectivity index (χ0n) is 11.7. The summed E-state index contributed by atoms with van der Waals surface area (Å²) in [5.41, 5.74) is 0. The Balaban J connectivity index is 2.50. The van der Waals surface area contributed by atoms with Crippen molar-refractivity contribution in [3.05, 3.63) is 0 Å². The lowest BCUT2D eigenvalue weighted by Crippen LogP contribution is -2.50. The van der Waals surface area contributed by atoms with Gasteiger partial charge in [0.25, 0.3) is 0 Å². The van der Waals surface area contributed by atoms with Crippen molar-refractivity contribution in [1.29, 1.82) is 0 Å². The summed E-state index contributed by atoms with van der Waals surface area (Å²) >= 11 is 0. The van der Waals surface area contributed by atoms with Crippen molar-refractivity contribution < 1.29 is 19.8 Å². The molecule has 0 radical (unpaired) electrons. The van der Waals surface area contributed by atoms with Crippen molar-refractivity contribution in [2.75, 3.05) is 19.6 Å². The Hall–Kier alpha value is -1.30. The highest BCUT2D eigenvalue weighted by Crippen LogP contribution is 2.14. The molecule has 0 aromatic carbocycles. The standard InChI is InChI=1S/C13H24N2O4/c1-10(2)15(7-3-4-12(17)18)13(19)14-8-5-11(16)6-9-14/h10-11,16H,3-9H2,1-2H3,(H,17,18). The van der Waals surface area contributed by atoms with Crippen molar-refractivity contribution in [3.63, 3.8) is 0 Å². The first-order valence-electron chi connectivity index (χ1n) is 6.87. The van der Waals surface area contributed by atoms with Crippen LogP contribution in [-0.4, -0.2) is 63.8 Å². The molecule has 1 heterocycles. The number of likely N-dealkylation sites (tertiary alicyclic amines) is 1. The zero-order chi connectivity index (χ0) is 14.4. The Labute approximate surface area is 114 Å². The van der Waals surface area contributed by atoms with Gasteiger partial charge < -0.3 is 20.0 Å². The highest BCUT2D eigenvalue weighted by Gasteiger charge is 2.26. The molecule has 0 bridgehead atoms. The van der Waals surface area contributed by atoms with E-state index < -0.39 is 5.97 Å². The summed E-state index contributed by atoms with van der Waals surface area (Å²) in [6.45, 7) is 5.46. The number of nitrogens with zero attached hydrogens (tertiary/aromatic N) is 2. The van der Waals surface area contributed by atoms with Gasteiger partial charge in [-0.1, -0.05) is 0 Å². The van der Waals surface area contributed by atoms with Gasteiger partial charge in [0.15, 0.2) is 0 Å². The van der Waals surface area contributed by atoms with Gasteiger partial charge in [0.05, 0.1) is 6.10 Å². The number of carboxylic acid groups (broad SMARTS) is 1. The van der Waals surface area contributed by atoms with E-state index in [1.54, 1.807) is 9.80 Å². The third-order valence-corrected chi connectivity index (χ3v) is 3.39. The third kappa shape index (κ3) is 5.06. The fourth-order valence-electron chi connectivity index (χ4n) is 2.21. The summed E-state index contributed by atoms with van der Waals surface area (Å²) in [5.74, 6) is -0.836. The van der Waals surface area contributed by atoms with E-state index >= 15 is 0 Å². The first-order chi connectivity index (χ1) is 8.91. The van der Waals surface area contributed by atoms with Crippen molar-refractivity contribution in [1.82, 2.24) is 9.80 Å². The number of carbonyl (C=O) groups excluding carboxylic acids is 1. The third-order valence-electron chi connectivity index (χ3n) is 3.39. The molecule has 0 aromatic heterocycles. The summed E-state index contributed by atoms with van der Waals surface area (Å²) in [4.78, 5) is 26.3. The van der Waals surface area contributed by atoms with E-state index in [1.807, 2.05) is 13.8 Å². The minimum Gasteiger partial charge on any atom is -0.481 e. The van der Waals surface area contributed by atoms with E-state index in [0.717, 1.165) is 0 Å². The molecule has 19 heavy (non-hydrogen) atoms. The number of hydrogen-bond acceptors (Lipinski definition) is 3. The Morgan fingerprint density at radius 2 is 1.89 bits per heavy atom. The highest BCUT2D eigenvalue weighted by molar-refractivity contribution is 5.75. The predicted molar refractivity (Wildman–Crippen MR) is 70.9 cm³/mol. The molecule has 2 N–H and O–H groups in total. The van der Waals surface area contributed by atoms with Crippen LogP contribution in [0, 0.1) is 0 Å². The maximum atomic E-state index is 12.3. The van der Waals surface area contributed by atoms with Gasteiger partial charge >= 0.3 is 12.0 Å². The van der Waals surface area contributed by atoms with Crippen LogP contribution < -0.4 is 0 Å². The number of urea groups is 1. The van der Waals surface area contributed by atoms with E-state index in [-0.39, 0.29) is 24.6 Å². The normalized spacial score (nSPS) is 16.7. The largest absolute Gasteiger partial charge is 0.481 e. The number of aliphatic hydroxyl groups excluding tert-OH is 1. The molecule has 0 aliphatic carbocycles. The van der Waals surface area contributed by atoms with Crippen molar-refractivity contribution in [2.24, 2.45) is 0 Å². The summed E-state index contributed by atoms with van der Waals surface area (Å²) in [5, 5.41) is 18.1. The van der Waals surface area contributed by atoms with Crippen molar-refractivity contribution >= 4 is 12.0 Å². The highest BCUT2D eigenvalue weighted by atomic mass is 16.4. The van der Waals surface area contributed by atoms with E-state index in [2.05, 4.69) is 0 Å². The van der Waals surface area contributed by atoms with Crippen LogP contribution in [0.5, 0.6) is 0 Å². The summed E-state index contributed by atoms with van der Waals surface area (Å²) in [6, 6.07) is 0.000402. The lowest BCUT2D eigenvalue weighted by molar-refractivity contribution is -0.137. The summed E-state index contributed by atoms with van der Waals surface area (Å²) < 4.78 is 0. The Bertz CT molecular complexity index is 312. The van der Waals surface area contributed by atoms with Gasteiger partial charge in [0.2, 0.25) is 0 Å². The van der Waals surface area contributed by atoms with Crippen LogP contribution >= 0.6 is 0 Å². The first kappa shape index (κ1) is 15.8. The maximum Gasteiger partial charge on any atom is 0.320 e. The first-order valence-corrected chi connectivity index (χ1v) is 6.87. The van der Waals surface area contributed by atoms with Gasteiger partial charge in [-0.05, 0) is 33.1 Å². The molecule has 110 valence electrons. The Morgan fingerprint density at radius 3 is 2.37 bits per heavy atom. The second kappa shape index (κ2) is 7.33. The Morgan fingerprint density at radius 1 is 1.32 bits per heavy atom. The lowest BCUT2D eigenvalue weighted by Gasteiger charge is -2.36. The van der Waals surface area contributed by atoms with Crippen LogP contribution in [0.3, 0.4) is 0 Å². The molecule has 1 rings (SSSR count). The van der Waals surface area contributed by atoms with E-state index in [1.165, 1.54) is 0 Å². The van der Waals surface area contributed by atoms with E-state index in [4.69, 9.17) is 5.11 Å². The quantitative estimate of drug-likeness (QED) is 0.786. The van der Waals surface area contributed by atoms with Crippen LogP contribution in [-0.2, 0) is 4.79 Å². The Kier molecular flexibility index (Phi) is 6.08. The molecule has 2 amide bonds. The molecular formula is C13H24N2O4.